The average molecular weight is 425 g/mol. The van der Waals surface area contributed by atoms with Gasteiger partial charge in [0.05, 0.1) is 27.9 Å². The minimum absolute atomic E-state index is 0.0978. The first-order chi connectivity index (χ1) is 15.0. The van der Waals surface area contributed by atoms with Crippen molar-refractivity contribution in [2.24, 2.45) is 0 Å². The van der Waals surface area contributed by atoms with E-state index in [4.69, 9.17) is 14.2 Å². The van der Waals surface area contributed by atoms with Gasteiger partial charge in [0.1, 0.15) is 17.1 Å². The molecule has 9 heteroatoms. The van der Waals surface area contributed by atoms with Crippen LogP contribution in [0.1, 0.15) is 20.8 Å². The maximum Gasteiger partial charge on any atom is 0.251 e. The van der Waals surface area contributed by atoms with Crippen LogP contribution in [-0.4, -0.2) is 49.5 Å². The molecular weight excluding hydrogens is 405 g/mol. The molecular formula is C22H20FN3O5. The Balaban J connectivity index is 1.76. The molecule has 0 saturated carbocycles. The molecule has 0 bridgehead atoms. The molecule has 0 fully saturated rings. The van der Waals surface area contributed by atoms with Gasteiger partial charge in [0.25, 0.3) is 5.91 Å². The van der Waals surface area contributed by atoms with E-state index in [2.05, 4.69) is 15.3 Å². The zero-order chi connectivity index (χ0) is 22.4. The number of nitrogens with zero attached hydrogens (tertiary/aromatic N) is 2. The minimum Gasteiger partial charge on any atom is -0.494 e. The van der Waals surface area contributed by atoms with Gasteiger partial charge in [0.15, 0.2) is 17.3 Å². The molecule has 0 saturated heterocycles. The summed E-state index contributed by atoms with van der Waals surface area (Å²) in [6.45, 7) is -0.281. The molecule has 31 heavy (non-hydrogen) atoms. The van der Waals surface area contributed by atoms with Crippen molar-refractivity contribution in [2.75, 3.05) is 27.9 Å². The van der Waals surface area contributed by atoms with Crippen LogP contribution in [0.3, 0.4) is 0 Å². The summed E-state index contributed by atoms with van der Waals surface area (Å²) in [6, 6.07) is 10.5. The molecule has 0 aliphatic carbocycles. The first kappa shape index (κ1) is 21.7. The lowest BCUT2D eigenvalue weighted by molar-refractivity contribution is 0.0902. The molecule has 0 aliphatic heterocycles. The Morgan fingerprint density at radius 2 is 1.65 bits per heavy atom. The number of aromatic nitrogens is 2. The maximum atomic E-state index is 13.5. The summed E-state index contributed by atoms with van der Waals surface area (Å²) >= 11 is 0. The van der Waals surface area contributed by atoms with Crippen molar-refractivity contribution in [3.05, 3.63) is 65.9 Å². The zero-order valence-corrected chi connectivity index (χ0v) is 17.1. The second-order valence-electron chi connectivity index (χ2n) is 6.29. The van der Waals surface area contributed by atoms with E-state index < -0.39 is 17.6 Å². The van der Waals surface area contributed by atoms with E-state index in [9.17, 15) is 14.0 Å². The van der Waals surface area contributed by atoms with E-state index in [0.29, 0.717) is 34.1 Å². The van der Waals surface area contributed by atoms with Gasteiger partial charge in [-0.05, 0) is 36.4 Å². The lowest BCUT2D eigenvalue weighted by Crippen LogP contribution is -2.30. The van der Waals surface area contributed by atoms with Crippen LogP contribution >= 0.6 is 0 Å². The zero-order valence-electron chi connectivity index (χ0n) is 17.1. The van der Waals surface area contributed by atoms with Crippen molar-refractivity contribution in [3.8, 4) is 28.5 Å². The Kier molecular flexibility index (Phi) is 6.76. The number of methoxy groups -OCH3 is 3. The first-order valence-electron chi connectivity index (χ1n) is 9.17. The molecule has 2 aromatic heterocycles. The highest BCUT2D eigenvalue weighted by molar-refractivity contribution is 6.01. The number of rotatable bonds is 8. The third kappa shape index (κ3) is 4.95. The number of pyridine rings is 2. The van der Waals surface area contributed by atoms with Gasteiger partial charge in [-0.1, -0.05) is 0 Å². The number of benzene rings is 1. The number of halogens is 1. The van der Waals surface area contributed by atoms with Crippen LogP contribution in [0.4, 0.5) is 4.39 Å². The highest BCUT2D eigenvalue weighted by Gasteiger charge is 2.16. The van der Waals surface area contributed by atoms with Crippen molar-refractivity contribution in [1.29, 1.82) is 0 Å². The lowest BCUT2D eigenvalue weighted by atomic mass is 10.1. The third-order valence-electron chi connectivity index (χ3n) is 4.42. The van der Waals surface area contributed by atoms with Crippen molar-refractivity contribution < 1.29 is 28.2 Å². The Labute approximate surface area is 178 Å². The van der Waals surface area contributed by atoms with Crippen LogP contribution in [0.15, 0.2) is 48.7 Å². The standard InChI is InChI=1S/C22H20FN3O5/c1-29-17-6-4-14(10-19(17)31-3)22(28)25-12-16(27)15-5-7-18(30-2)21(26-15)13-8-9-24-20(23)11-13/h4-11H,12H2,1-3H3,(H,25,28). The topological polar surface area (TPSA) is 99.6 Å². The molecule has 3 rings (SSSR count). The Hall–Kier alpha value is -4.01. The van der Waals surface area contributed by atoms with Crippen LogP contribution in [0.2, 0.25) is 0 Å². The molecule has 0 unspecified atom stereocenters. The number of ether oxygens (including phenoxy) is 3. The molecule has 8 nitrogen and oxygen atoms in total. The van der Waals surface area contributed by atoms with E-state index in [1.165, 1.54) is 45.7 Å². The number of ketones is 1. The van der Waals surface area contributed by atoms with Gasteiger partial charge in [0, 0.05) is 23.4 Å². The number of nitrogens with one attached hydrogen (secondary N) is 1. The predicted octanol–water partition coefficient (Wildman–Crippen LogP) is 2.92. The normalized spacial score (nSPS) is 10.3. The molecule has 2 heterocycles. The summed E-state index contributed by atoms with van der Waals surface area (Å²) in [5.74, 6) is -0.312. The molecule has 0 spiro atoms. The largest absolute Gasteiger partial charge is 0.494 e. The Bertz CT molecular complexity index is 1120. The fourth-order valence-electron chi connectivity index (χ4n) is 2.85. The van der Waals surface area contributed by atoms with E-state index in [1.54, 1.807) is 24.3 Å². The van der Waals surface area contributed by atoms with E-state index in [1.807, 2.05) is 0 Å². The van der Waals surface area contributed by atoms with Gasteiger partial charge in [0.2, 0.25) is 5.95 Å². The van der Waals surface area contributed by atoms with Gasteiger partial charge < -0.3 is 19.5 Å². The molecule has 0 radical (unpaired) electrons. The summed E-state index contributed by atoms with van der Waals surface area (Å²) in [5, 5.41) is 2.56. The number of hydrogen-bond acceptors (Lipinski definition) is 7. The second-order valence-corrected chi connectivity index (χ2v) is 6.29. The van der Waals surface area contributed by atoms with Gasteiger partial charge in [-0.15, -0.1) is 0 Å². The molecule has 1 amide bonds. The fraction of sp³-hybridized carbons (Fsp3) is 0.182. The van der Waals surface area contributed by atoms with Gasteiger partial charge in [-0.3, -0.25) is 9.59 Å². The summed E-state index contributed by atoms with van der Waals surface area (Å²) in [5.41, 5.74) is 1.11. The molecule has 1 N–H and O–H groups in total. The van der Waals surface area contributed by atoms with E-state index in [0.717, 1.165) is 0 Å². The Morgan fingerprint density at radius 1 is 0.935 bits per heavy atom. The van der Waals surface area contributed by atoms with E-state index >= 15 is 0 Å². The quantitative estimate of drug-likeness (QED) is 0.438. The van der Waals surface area contributed by atoms with Crippen LogP contribution in [0.25, 0.3) is 11.3 Å². The van der Waals surface area contributed by atoms with Crippen LogP contribution in [0, 0.1) is 5.95 Å². The molecule has 1 aromatic carbocycles. The number of carbonyl (C=O) groups excluding carboxylic acids is 2. The van der Waals surface area contributed by atoms with Crippen LogP contribution < -0.4 is 19.5 Å². The highest BCUT2D eigenvalue weighted by atomic mass is 19.1. The number of amides is 1. The second kappa shape index (κ2) is 9.66. The molecule has 0 aliphatic rings. The van der Waals surface area contributed by atoms with Crippen molar-refractivity contribution in [3.63, 3.8) is 0 Å². The molecule has 0 atom stereocenters. The van der Waals surface area contributed by atoms with Crippen LogP contribution in [0.5, 0.6) is 17.2 Å². The monoisotopic (exact) mass is 425 g/mol. The number of carbonyl (C=O) groups is 2. The van der Waals surface area contributed by atoms with Crippen molar-refractivity contribution >= 4 is 11.7 Å². The van der Waals surface area contributed by atoms with Crippen LogP contribution in [-0.2, 0) is 0 Å². The average Bonchev–Trinajstić information content (AvgIpc) is 2.81. The summed E-state index contributed by atoms with van der Waals surface area (Å²) in [7, 11) is 4.40. The van der Waals surface area contributed by atoms with Gasteiger partial charge in [-0.2, -0.15) is 4.39 Å². The summed E-state index contributed by atoms with van der Waals surface area (Å²) in [4.78, 5) is 32.8. The minimum atomic E-state index is -0.680. The first-order valence-corrected chi connectivity index (χ1v) is 9.17. The lowest BCUT2D eigenvalue weighted by Gasteiger charge is -2.11. The Morgan fingerprint density at radius 3 is 2.32 bits per heavy atom. The smallest absolute Gasteiger partial charge is 0.251 e. The number of hydrogen-bond donors (Lipinski definition) is 1. The third-order valence-corrected chi connectivity index (χ3v) is 4.42. The SMILES string of the molecule is COc1ccc(C(=O)NCC(=O)c2ccc(OC)c(-c3ccnc(F)c3)n2)cc1OC. The molecule has 160 valence electrons. The van der Waals surface area contributed by atoms with Crippen molar-refractivity contribution in [2.45, 2.75) is 0 Å². The highest BCUT2D eigenvalue weighted by Crippen LogP contribution is 2.29. The summed E-state index contributed by atoms with van der Waals surface area (Å²) in [6.07, 6.45) is 1.30. The van der Waals surface area contributed by atoms with E-state index in [-0.39, 0.29) is 12.2 Å². The van der Waals surface area contributed by atoms with Gasteiger partial charge >= 0.3 is 0 Å². The maximum absolute atomic E-state index is 13.5. The van der Waals surface area contributed by atoms with Crippen molar-refractivity contribution in [1.82, 2.24) is 15.3 Å². The number of Topliss-reactive ketones (excluding diaryl/α,β-unsaturated/α-hetero) is 1. The predicted molar refractivity (Wildman–Crippen MR) is 110 cm³/mol. The molecule has 3 aromatic rings. The van der Waals surface area contributed by atoms with Gasteiger partial charge in [-0.25, -0.2) is 9.97 Å². The summed E-state index contributed by atoms with van der Waals surface area (Å²) < 4.78 is 29.1. The fourth-order valence-corrected chi connectivity index (χ4v) is 2.85.